The Bertz CT molecular complexity index is 763. The van der Waals surface area contributed by atoms with Gasteiger partial charge in [-0.2, -0.15) is 0 Å². The van der Waals surface area contributed by atoms with Gasteiger partial charge >= 0.3 is 0 Å². The number of nitrogens with two attached hydrogens (primary N) is 1. The average molecular weight is 405 g/mol. The van der Waals surface area contributed by atoms with Crippen LogP contribution in [0.4, 0.5) is 5.69 Å². The van der Waals surface area contributed by atoms with Crippen LogP contribution >= 0.6 is 12.4 Å². The number of rotatable bonds is 8. The minimum Gasteiger partial charge on any atom is -0.496 e. The molecule has 2 aromatic rings. The topological polar surface area (TPSA) is 64.8 Å². The molecule has 6 heteroatoms. The number of aryl methyl sites for hydroxylation is 1. The predicted molar refractivity (Wildman–Crippen MR) is 114 cm³/mol. The van der Waals surface area contributed by atoms with Crippen molar-refractivity contribution in [1.82, 2.24) is 4.90 Å². The summed E-state index contributed by atoms with van der Waals surface area (Å²) in [6.07, 6.45) is 3.24. The van der Waals surface area contributed by atoms with Crippen molar-refractivity contribution in [1.29, 1.82) is 0 Å². The molecular formula is C22H29ClN2O3. The molecule has 1 fully saturated rings. The van der Waals surface area contributed by atoms with Crippen LogP contribution in [0.2, 0.25) is 0 Å². The Morgan fingerprint density at radius 2 is 1.89 bits per heavy atom. The van der Waals surface area contributed by atoms with Crippen molar-refractivity contribution in [2.75, 3.05) is 26.0 Å². The standard InChI is InChI=1S/C22H28N2O3.ClH/c1-26-21-11-5-3-8-18(21)15-24(16-19-9-6-14-27-19)22(25)13-12-17-7-2-4-10-20(17)23;/h2-5,7-8,10-11,19H,6,9,12-16,23H2,1H3;1H. The Morgan fingerprint density at radius 3 is 2.57 bits per heavy atom. The molecule has 3 rings (SSSR count). The van der Waals surface area contributed by atoms with Gasteiger partial charge in [-0.05, 0) is 37.0 Å². The van der Waals surface area contributed by atoms with Gasteiger partial charge in [-0.25, -0.2) is 0 Å². The van der Waals surface area contributed by atoms with Crippen LogP contribution in [0.15, 0.2) is 48.5 Å². The lowest BCUT2D eigenvalue weighted by Gasteiger charge is -2.26. The lowest BCUT2D eigenvalue weighted by Crippen LogP contribution is -2.37. The van der Waals surface area contributed by atoms with E-state index >= 15 is 0 Å². The fourth-order valence-corrected chi connectivity index (χ4v) is 3.49. The molecule has 2 N–H and O–H groups in total. The van der Waals surface area contributed by atoms with E-state index in [9.17, 15) is 4.79 Å². The molecule has 5 nitrogen and oxygen atoms in total. The molecule has 152 valence electrons. The Kier molecular flexibility index (Phi) is 8.61. The van der Waals surface area contributed by atoms with Gasteiger partial charge in [0.25, 0.3) is 0 Å². The van der Waals surface area contributed by atoms with E-state index in [0.29, 0.717) is 25.9 Å². The summed E-state index contributed by atoms with van der Waals surface area (Å²) in [5.41, 5.74) is 8.77. The highest BCUT2D eigenvalue weighted by Gasteiger charge is 2.23. The van der Waals surface area contributed by atoms with Gasteiger partial charge in [0, 0.05) is 37.4 Å². The second-order valence-corrected chi connectivity index (χ2v) is 6.92. The maximum atomic E-state index is 13.0. The second kappa shape index (κ2) is 10.9. The fourth-order valence-electron chi connectivity index (χ4n) is 3.49. The molecular weight excluding hydrogens is 376 g/mol. The van der Waals surface area contributed by atoms with Gasteiger partial charge in [-0.1, -0.05) is 36.4 Å². The van der Waals surface area contributed by atoms with Crippen molar-refractivity contribution < 1.29 is 14.3 Å². The van der Waals surface area contributed by atoms with E-state index in [1.807, 2.05) is 53.4 Å². The zero-order chi connectivity index (χ0) is 19.1. The van der Waals surface area contributed by atoms with Crippen LogP contribution in [0.1, 0.15) is 30.4 Å². The highest BCUT2D eigenvalue weighted by Crippen LogP contribution is 2.22. The Morgan fingerprint density at radius 1 is 1.18 bits per heavy atom. The highest BCUT2D eigenvalue weighted by atomic mass is 35.5. The highest BCUT2D eigenvalue weighted by molar-refractivity contribution is 5.85. The molecule has 0 spiro atoms. The fraction of sp³-hybridized carbons (Fsp3) is 0.409. The third-order valence-electron chi connectivity index (χ3n) is 5.02. The number of hydrogen-bond acceptors (Lipinski definition) is 4. The van der Waals surface area contributed by atoms with Crippen molar-refractivity contribution in [3.63, 3.8) is 0 Å². The number of nitrogen functional groups attached to an aromatic ring is 1. The van der Waals surface area contributed by atoms with Gasteiger partial charge in [0.05, 0.1) is 13.2 Å². The average Bonchev–Trinajstić information content (AvgIpc) is 3.20. The molecule has 1 aliphatic rings. The van der Waals surface area contributed by atoms with Crippen LogP contribution in [-0.4, -0.2) is 37.2 Å². The molecule has 1 atom stereocenters. The number of methoxy groups -OCH3 is 1. The SMILES string of the molecule is COc1ccccc1CN(CC1CCCO1)C(=O)CCc1ccccc1N.Cl. The first-order valence-corrected chi connectivity index (χ1v) is 9.52. The zero-order valence-corrected chi connectivity index (χ0v) is 17.1. The zero-order valence-electron chi connectivity index (χ0n) is 16.3. The third-order valence-corrected chi connectivity index (χ3v) is 5.02. The largest absolute Gasteiger partial charge is 0.496 e. The van der Waals surface area contributed by atoms with E-state index < -0.39 is 0 Å². The van der Waals surface area contributed by atoms with Crippen LogP contribution in [0.25, 0.3) is 0 Å². The predicted octanol–water partition coefficient (Wildman–Crippen LogP) is 3.84. The lowest BCUT2D eigenvalue weighted by atomic mass is 10.1. The van der Waals surface area contributed by atoms with Crippen molar-refractivity contribution >= 4 is 24.0 Å². The van der Waals surface area contributed by atoms with Crippen molar-refractivity contribution in [2.24, 2.45) is 0 Å². The molecule has 1 amide bonds. The van der Waals surface area contributed by atoms with Crippen molar-refractivity contribution in [3.8, 4) is 5.75 Å². The molecule has 0 bridgehead atoms. The molecule has 1 saturated heterocycles. The molecule has 2 aromatic carbocycles. The normalized spacial score (nSPS) is 15.7. The molecule has 0 radical (unpaired) electrons. The number of benzene rings is 2. The van der Waals surface area contributed by atoms with E-state index in [1.165, 1.54) is 0 Å². The monoisotopic (exact) mass is 404 g/mol. The number of amides is 1. The number of nitrogens with zero attached hydrogens (tertiary/aromatic N) is 1. The molecule has 0 aromatic heterocycles. The second-order valence-electron chi connectivity index (χ2n) is 6.92. The third kappa shape index (κ3) is 5.88. The minimum atomic E-state index is 0. The first-order valence-electron chi connectivity index (χ1n) is 9.52. The number of halogens is 1. The number of carbonyl (C=O) groups is 1. The van der Waals surface area contributed by atoms with E-state index in [4.69, 9.17) is 15.2 Å². The van der Waals surface area contributed by atoms with E-state index in [2.05, 4.69) is 0 Å². The quantitative estimate of drug-likeness (QED) is 0.679. The van der Waals surface area contributed by atoms with Crippen molar-refractivity contribution in [2.45, 2.75) is 38.3 Å². The van der Waals surface area contributed by atoms with Gasteiger partial charge in [0.2, 0.25) is 5.91 Å². The summed E-state index contributed by atoms with van der Waals surface area (Å²) >= 11 is 0. The number of carbonyl (C=O) groups excluding carboxylic acids is 1. The first-order chi connectivity index (χ1) is 13.2. The Hall–Kier alpha value is -2.24. The number of ether oxygens (including phenoxy) is 2. The summed E-state index contributed by atoms with van der Waals surface area (Å²) in [6, 6.07) is 15.6. The number of hydrogen-bond donors (Lipinski definition) is 1. The maximum Gasteiger partial charge on any atom is 0.223 e. The first kappa shape index (κ1) is 22.1. The number of anilines is 1. The maximum absolute atomic E-state index is 13.0. The molecule has 0 saturated carbocycles. The van der Waals surface area contributed by atoms with Crippen LogP contribution in [-0.2, 0) is 22.5 Å². The molecule has 1 aliphatic heterocycles. The molecule has 1 heterocycles. The molecule has 28 heavy (non-hydrogen) atoms. The van der Waals surface area contributed by atoms with E-state index in [-0.39, 0.29) is 24.4 Å². The molecule has 1 unspecified atom stereocenters. The summed E-state index contributed by atoms with van der Waals surface area (Å²) in [5, 5.41) is 0. The van der Waals surface area contributed by atoms with Gasteiger partial charge in [-0.15, -0.1) is 12.4 Å². The smallest absolute Gasteiger partial charge is 0.223 e. The summed E-state index contributed by atoms with van der Waals surface area (Å²) in [7, 11) is 1.66. The van der Waals surface area contributed by atoms with Crippen LogP contribution in [0, 0.1) is 0 Å². The van der Waals surface area contributed by atoms with Gasteiger partial charge in [0.1, 0.15) is 5.75 Å². The van der Waals surface area contributed by atoms with Crippen LogP contribution in [0.5, 0.6) is 5.75 Å². The van der Waals surface area contributed by atoms with Gasteiger partial charge in [-0.3, -0.25) is 4.79 Å². The van der Waals surface area contributed by atoms with Crippen molar-refractivity contribution in [3.05, 3.63) is 59.7 Å². The Balaban J connectivity index is 0.00000280. The summed E-state index contributed by atoms with van der Waals surface area (Å²) in [5.74, 6) is 0.912. The van der Waals surface area contributed by atoms with Crippen LogP contribution < -0.4 is 10.5 Å². The Labute approximate surface area is 173 Å². The number of para-hydroxylation sites is 2. The van der Waals surface area contributed by atoms with E-state index in [1.54, 1.807) is 7.11 Å². The minimum absolute atomic E-state index is 0. The lowest BCUT2D eigenvalue weighted by molar-refractivity contribution is -0.133. The summed E-state index contributed by atoms with van der Waals surface area (Å²) in [4.78, 5) is 14.9. The summed E-state index contributed by atoms with van der Waals surface area (Å²) in [6.45, 7) is 1.91. The summed E-state index contributed by atoms with van der Waals surface area (Å²) < 4.78 is 11.2. The molecule has 0 aliphatic carbocycles. The van der Waals surface area contributed by atoms with Crippen LogP contribution in [0.3, 0.4) is 0 Å². The van der Waals surface area contributed by atoms with Gasteiger partial charge < -0.3 is 20.1 Å². The van der Waals surface area contributed by atoms with Gasteiger partial charge in [0.15, 0.2) is 0 Å². The van der Waals surface area contributed by atoms with E-state index in [0.717, 1.165) is 42.0 Å².